The summed E-state index contributed by atoms with van der Waals surface area (Å²) in [6, 6.07) is 13.3. The molecule has 2 heterocycles. The number of pyridine rings is 1. The molecule has 29 heavy (non-hydrogen) atoms. The highest BCUT2D eigenvalue weighted by Gasteiger charge is 2.15. The van der Waals surface area contributed by atoms with Crippen molar-refractivity contribution in [2.75, 3.05) is 17.7 Å². The number of carbonyl (C=O) groups is 1. The minimum Gasteiger partial charge on any atom is -0.477 e. The molecule has 9 heteroatoms. The molecule has 1 N–H and O–H groups in total. The van der Waals surface area contributed by atoms with Gasteiger partial charge in [0.25, 0.3) is 5.91 Å². The van der Waals surface area contributed by atoms with Crippen LogP contribution in [0.2, 0.25) is 0 Å². The number of anilines is 1. The van der Waals surface area contributed by atoms with Crippen LogP contribution in [0.5, 0.6) is 5.88 Å². The van der Waals surface area contributed by atoms with Gasteiger partial charge in [-0.15, -0.1) is 10.2 Å². The maximum atomic E-state index is 12.5. The minimum atomic E-state index is -3.39. The largest absolute Gasteiger partial charge is 0.477 e. The van der Waals surface area contributed by atoms with Crippen molar-refractivity contribution >= 4 is 21.4 Å². The molecule has 0 aliphatic rings. The van der Waals surface area contributed by atoms with E-state index < -0.39 is 9.84 Å². The molecule has 0 aliphatic carbocycles. The average Bonchev–Trinajstić information content (AvgIpc) is 2.75. The molecular weight excluding hydrogens is 392 g/mol. The van der Waals surface area contributed by atoms with Gasteiger partial charge in [0.05, 0.1) is 18.1 Å². The van der Waals surface area contributed by atoms with Crippen LogP contribution in [-0.2, 0) is 9.84 Å². The van der Waals surface area contributed by atoms with Crippen LogP contribution in [0, 0.1) is 0 Å². The normalized spacial score (nSPS) is 11.1. The molecule has 0 bridgehead atoms. The van der Waals surface area contributed by atoms with E-state index in [0.717, 1.165) is 5.56 Å². The van der Waals surface area contributed by atoms with Crippen molar-refractivity contribution < 1.29 is 17.9 Å². The lowest BCUT2D eigenvalue weighted by atomic mass is 10.1. The van der Waals surface area contributed by atoms with Gasteiger partial charge in [0.15, 0.2) is 14.9 Å². The topological polar surface area (TPSA) is 111 Å². The molecule has 0 spiro atoms. The second-order valence-electron chi connectivity index (χ2n) is 5.98. The number of amides is 1. The van der Waals surface area contributed by atoms with Gasteiger partial charge in [-0.05, 0) is 43.3 Å². The van der Waals surface area contributed by atoms with E-state index in [-0.39, 0.29) is 22.6 Å². The van der Waals surface area contributed by atoms with Gasteiger partial charge in [-0.25, -0.2) is 13.4 Å². The quantitative estimate of drug-likeness (QED) is 0.635. The lowest BCUT2D eigenvalue weighted by Gasteiger charge is -2.10. The maximum Gasteiger partial charge on any atom is 0.261 e. The van der Waals surface area contributed by atoms with E-state index >= 15 is 0 Å². The number of carbonyl (C=O) groups excluding carboxylic acids is 1. The predicted molar refractivity (Wildman–Crippen MR) is 109 cm³/mol. The number of ether oxygens (including phenoxy) is 1. The third-order valence-electron chi connectivity index (χ3n) is 4.07. The average molecular weight is 412 g/mol. The van der Waals surface area contributed by atoms with Gasteiger partial charge in [0.2, 0.25) is 5.88 Å². The van der Waals surface area contributed by atoms with Gasteiger partial charge in [-0.3, -0.25) is 4.79 Å². The van der Waals surface area contributed by atoms with E-state index in [1.807, 2.05) is 6.92 Å². The molecular formula is C20H20N4O4S. The minimum absolute atomic E-state index is 0.0304. The summed E-state index contributed by atoms with van der Waals surface area (Å²) in [7, 11) is -3.39. The van der Waals surface area contributed by atoms with Gasteiger partial charge >= 0.3 is 0 Å². The molecule has 2 aromatic heterocycles. The highest BCUT2D eigenvalue weighted by Crippen LogP contribution is 2.21. The van der Waals surface area contributed by atoms with Crippen LogP contribution in [0.25, 0.3) is 11.3 Å². The molecule has 0 saturated heterocycles. The molecule has 1 aromatic carbocycles. The van der Waals surface area contributed by atoms with Gasteiger partial charge in [-0.2, -0.15) is 0 Å². The number of nitrogens with zero attached hydrogens (tertiary/aromatic N) is 3. The summed E-state index contributed by atoms with van der Waals surface area (Å²) >= 11 is 0. The zero-order valence-electron chi connectivity index (χ0n) is 16.0. The zero-order valence-corrected chi connectivity index (χ0v) is 16.8. The molecule has 3 aromatic rings. The van der Waals surface area contributed by atoms with Crippen molar-refractivity contribution in [3.05, 3.63) is 60.3 Å². The van der Waals surface area contributed by atoms with E-state index in [1.54, 1.807) is 55.6 Å². The van der Waals surface area contributed by atoms with E-state index in [2.05, 4.69) is 20.5 Å². The smallest absolute Gasteiger partial charge is 0.261 e. The monoisotopic (exact) mass is 412 g/mol. The summed E-state index contributed by atoms with van der Waals surface area (Å²) in [5.74, 6) is -0.0816. The van der Waals surface area contributed by atoms with E-state index in [0.29, 0.717) is 23.6 Å². The summed E-state index contributed by atoms with van der Waals surface area (Å²) in [4.78, 5) is 16.6. The van der Waals surface area contributed by atoms with Crippen LogP contribution in [0.4, 0.5) is 5.69 Å². The zero-order chi connectivity index (χ0) is 20.9. The van der Waals surface area contributed by atoms with Crippen molar-refractivity contribution in [2.24, 2.45) is 0 Å². The molecule has 0 atom stereocenters. The maximum absolute atomic E-state index is 12.5. The Hall–Kier alpha value is -3.33. The number of hydrogen-bond acceptors (Lipinski definition) is 7. The molecule has 3 rings (SSSR count). The van der Waals surface area contributed by atoms with Crippen molar-refractivity contribution in [1.82, 2.24) is 15.2 Å². The Kier molecular flexibility index (Phi) is 6.18. The molecule has 1 amide bonds. The van der Waals surface area contributed by atoms with E-state index in [1.165, 1.54) is 6.07 Å². The van der Waals surface area contributed by atoms with Crippen LogP contribution in [-0.4, -0.2) is 41.9 Å². The summed E-state index contributed by atoms with van der Waals surface area (Å²) < 4.78 is 29.0. The SMILES string of the molecule is CCOc1ncccc1C(=O)Nc1ccc(-c2ccc(S(=O)(=O)CC)nn2)cc1. The first-order valence-electron chi connectivity index (χ1n) is 9.00. The first kappa shape index (κ1) is 20.4. The fourth-order valence-corrected chi connectivity index (χ4v) is 3.26. The van der Waals surface area contributed by atoms with Crippen LogP contribution < -0.4 is 10.1 Å². The number of nitrogens with one attached hydrogen (secondary N) is 1. The first-order valence-corrected chi connectivity index (χ1v) is 10.7. The highest BCUT2D eigenvalue weighted by molar-refractivity contribution is 7.91. The Morgan fingerprint density at radius 2 is 1.79 bits per heavy atom. The fraction of sp³-hybridized carbons (Fsp3) is 0.200. The van der Waals surface area contributed by atoms with Crippen LogP contribution >= 0.6 is 0 Å². The van der Waals surface area contributed by atoms with Crippen molar-refractivity contribution in [1.29, 1.82) is 0 Å². The lowest BCUT2D eigenvalue weighted by molar-refractivity contribution is 0.102. The third kappa shape index (κ3) is 4.75. The molecule has 0 radical (unpaired) electrons. The number of benzene rings is 1. The molecule has 0 unspecified atom stereocenters. The number of rotatable bonds is 7. The Labute approximate surface area is 168 Å². The fourth-order valence-electron chi connectivity index (χ4n) is 2.53. The van der Waals surface area contributed by atoms with Crippen LogP contribution in [0.15, 0.2) is 59.8 Å². The second kappa shape index (κ2) is 8.78. The van der Waals surface area contributed by atoms with Gasteiger partial charge in [0.1, 0.15) is 5.56 Å². The lowest BCUT2D eigenvalue weighted by Crippen LogP contribution is -2.14. The summed E-state index contributed by atoms with van der Waals surface area (Å²) in [5.41, 5.74) is 2.20. The van der Waals surface area contributed by atoms with Crippen molar-refractivity contribution in [3.63, 3.8) is 0 Å². The molecule has 150 valence electrons. The molecule has 0 aliphatic heterocycles. The molecule has 0 fully saturated rings. The standard InChI is InChI=1S/C20H20N4O4S/c1-3-28-20-16(6-5-13-21-20)19(25)22-15-9-7-14(8-10-15)17-11-12-18(24-23-17)29(26,27)4-2/h5-13H,3-4H2,1-2H3,(H,22,25). The third-order valence-corrected chi connectivity index (χ3v) is 5.69. The Bertz CT molecular complexity index is 1100. The predicted octanol–water partition coefficient (Wildman–Crippen LogP) is 2.98. The van der Waals surface area contributed by atoms with Gasteiger partial charge in [0, 0.05) is 17.4 Å². The Balaban J connectivity index is 1.75. The Morgan fingerprint density at radius 1 is 1.03 bits per heavy atom. The number of aromatic nitrogens is 3. The summed E-state index contributed by atoms with van der Waals surface area (Å²) in [6.07, 6.45) is 1.56. The summed E-state index contributed by atoms with van der Waals surface area (Å²) in [5, 5.41) is 10.5. The van der Waals surface area contributed by atoms with Crippen molar-refractivity contribution in [2.45, 2.75) is 18.9 Å². The first-order chi connectivity index (χ1) is 13.9. The van der Waals surface area contributed by atoms with E-state index in [9.17, 15) is 13.2 Å². The van der Waals surface area contributed by atoms with Gasteiger partial charge in [-0.1, -0.05) is 19.1 Å². The second-order valence-corrected chi connectivity index (χ2v) is 8.21. The van der Waals surface area contributed by atoms with Crippen LogP contribution in [0.3, 0.4) is 0 Å². The van der Waals surface area contributed by atoms with Crippen LogP contribution in [0.1, 0.15) is 24.2 Å². The highest BCUT2D eigenvalue weighted by atomic mass is 32.2. The summed E-state index contributed by atoms with van der Waals surface area (Å²) in [6.45, 7) is 3.79. The number of hydrogen-bond donors (Lipinski definition) is 1. The van der Waals surface area contributed by atoms with Gasteiger partial charge < -0.3 is 10.1 Å². The Morgan fingerprint density at radius 3 is 2.41 bits per heavy atom. The molecule has 8 nitrogen and oxygen atoms in total. The number of sulfone groups is 1. The van der Waals surface area contributed by atoms with E-state index in [4.69, 9.17) is 4.74 Å². The molecule has 0 saturated carbocycles. The van der Waals surface area contributed by atoms with Crippen molar-refractivity contribution in [3.8, 4) is 17.1 Å².